The molecule has 0 aromatic rings. The zero-order valence-corrected chi connectivity index (χ0v) is 6.28. The minimum atomic E-state index is 0. The van der Waals surface area contributed by atoms with Gasteiger partial charge in [-0.1, -0.05) is 0 Å². The van der Waals surface area contributed by atoms with Crippen LogP contribution >= 0.6 is 0 Å². The molecule has 1 nitrogen and oxygen atoms in total. The van der Waals surface area contributed by atoms with Crippen molar-refractivity contribution in [3.8, 4) is 0 Å². The molecule has 0 aliphatic carbocycles. The fourth-order valence-electron chi connectivity index (χ4n) is 0. The van der Waals surface area contributed by atoms with E-state index < -0.39 is 0 Å². The van der Waals surface area contributed by atoms with Crippen LogP contribution in [-0.4, -0.2) is 63.6 Å². The third kappa shape index (κ3) is 8.84. The van der Waals surface area contributed by atoms with Crippen LogP contribution in [0.3, 0.4) is 0 Å². The van der Waals surface area contributed by atoms with Gasteiger partial charge in [0.15, 0.2) is 0 Å². The number of hydrogen-bond acceptors (Lipinski definition) is 1. The van der Waals surface area contributed by atoms with Crippen LogP contribution in [0.25, 0.3) is 0 Å². The Morgan fingerprint density at radius 2 is 1.50 bits per heavy atom. The van der Waals surface area contributed by atoms with Crippen LogP contribution in [0.5, 0.6) is 0 Å². The van der Waals surface area contributed by atoms with Crippen molar-refractivity contribution in [2.45, 2.75) is 0 Å². The van der Waals surface area contributed by atoms with Crippen molar-refractivity contribution >= 4 is 63.6 Å². The molecule has 0 heterocycles. The van der Waals surface area contributed by atoms with Gasteiger partial charge in [0.05, 0.1) is 0 Å². The molecule has 0 rings (SSSR count). The second-order valence-electron chi connectivity index (χ2n) is 0. The SMILES string of the molecule is [Ca+2].[H-].[H-].[InH3].[O]=[Zr]. The Morgan fingerprint density at radius 1 is 1.50 bits per heavy atom. The molecule has 0 saturated heterocycles. The molecule has 0 atom stereocenters. The molecule has 4 heteroatoms. The second kappa shape index (κ2) is 17.0. The van der Waals surface area contributed by atoms with Gasteiger partial charge in [0, 0.05) is 0 Å². The molecule has 0 amide bonds. The second-order valence-corrected chi connectivity index (χ2v) is 0. The van der Waals surface area contributed by atoms with Gasteiger partial charge in [-0.3, -0.25) is 0 Å². The van der Waals surface area contributed by atoms with E-state index in [1.165, 1.54) is 0 Å². The van der Waals surface area contributed by atoms with Crippen molar-refractivity contribution in [1.29, 1.82) is 0 Å². The zero-order valence-electron chi connectivity index (χ0n) is 3.62. The Hall–Kier alpha value is 2.81. The number of hydrogen-bond donors (Lipinski definition) is 0. The molecule has 0 aromatic heterocycles. The van der Waals surface area contributed by atoms with E-state index in [9.17, 15) is 0 Å². The molecule has 0 aliphatic heterocycles. The fourth-order valence-corrected chi connectivity index (χ4v) is 0. The first kappa shape index (κ1) is 15.8. The molecule has 0 unspecified atom stereocenters. The van der Waals surface area contributed by atoms with Crippen LogP contribution in [0, 0.1) is 0 Å². The van der Waals surface area contributed by atoms with Crippen LogP contribution in [0.2, 0.25) is 0 Å². The Balaban J connectivity index is -0.000000000833. The zero-order chi connectivity index (χ0) is 2.00. The third-order valence-corrected chi connectivity index (χ3v) is 0. The molecular formula is H5CaInOZr. The molecule has 0 spiro atoms. The quantitative estimate of drug-likeness (QED) is 0.490. The van der Waals surface area contributed by atoms with E-state index in [0.717, 1.165) is 0 Å². The molecule has 0 saturated carbocycles. The van der Waals surface area contributed by atoms with Gasteiger partial charge in [0.25, 0.3) is 0 Å². The Kier molecular flexibility index (Phi) is 67.4. The van der Waals surface area contributed by atoms with Crippen LogP contribution in [0.1, 0.15) is 2.85 Å². The van der Waals surface area contributed by atoms with E-state index in [0.29, 0.717) is 24.7 Å². The Labute approximate surface area is 91.9 Å². The molecule has 0 N–H and O–H groups in total. The van der Waals surface area contributed by atoms with Crippen LogP contribution < -0.4 is 0 Å². The van der Waals surface area contributed by atoms with Crippen molar-refractivity contribution in [3.05, 3.63) is 0 Å². The summed E-state index contributed by atoms with van der Waals surface area (Å²) in [5.74, 6) is 0. The summed E-state index contributed by atoms with van der Waals surface area (Å²) in [7, 11) is 0. The van der Waals surface area contributed by atoms with E-state index in [1.54, 1.807) is 0 Å². The van der Waals surface area contributed by atoms with E-state index in [1.807, 2.05) is 0 Å². The summed E-state index contributed by atoms with van der Waals surface area (Å²) >= 11 is 0.300. The van der Waals surface area contributed by atoms with Gasteiger partial charge in [-0.25, -0.2) is 0 Å². The van der Waals surface area contributed by atoms with Crippen LogP contribution in [0.15, 0.2) is 0 Å². The van der Waals surface area contributed by atoms with Gasteiger partial charge in [-0.05, 0) is 0 Å². The summed E-state index contributed by atoms with van der Waals surface area (Å²) in [5.41, 5.74) is 0. The van der Waals surface area contributed by atoms with E-state index in [-0.39, 0.29) is 66.4 Å². The van der Waals surface area contributed by atoms with E-state index in [2.05, 4.69) is 0 Å². The summed E-state index contributed by atoms with van der Waals surface area (Å²) in [6.45, 7) is 0. The van der Waals surface area contributed by atoms with Crippen molar-refractivity contribution in [1.82, 2.24) is 0 Å². The van der Waals surface area contributed by atoms with Crippen molar-refractivity contribution in [2.75, 3.05) is 0 Å². The summed E-state index contributed by atoms with van der Waals surface area (Å²) in [6.07, 6.45) is 0. The average molecular weight is 267 g/mol. The van der Waals surface area contributed by atoms with E-state index >= 15 is 0 Å². The first-order valence-corrected chi connectivity index (χ1v) is 1.21. The molecular weight excluding hydrogens is 262 g/mol. The summed E-state index contributed by atoms with van der Waals surface area (Å²) in [6, 6.07) is 0. The Morgan fingerprint density at radius 3 is 1.50 bits per heavy atom. The first-order chi connectivity index (χ1) is 1.00. The molecule has 0 fully saturated rings. The molecule has 0 radical (unpaired) electrons. The standard InChI is InChI=1S/Ca.In.O.Zr.5H/q+2;;;;;;;2*-1. The van der Waals surface area contributed by atoms with Crippen molar-refractivity contribution in [3.63, 3.8) is 0 Å². The normalized spacial score (nSPS) is 0.750. The maximum atomic E-state index is 8.34. The molecule has 4 heavy (non-hydrogen) atoms. The van der Waals surface area contributed by atoms with Gasteiger partial charge < -0.3 is 2.85 Å². The maximum absolute atomic E-state index is 8.34. The van der Waals surface area contributed by atoms with Crippen molar-refractivity contribution < 1.29 is 30.4 Å². The molecule has 0 aromatic carbocycles. The molecule has 20 valence electrons. The topological polar surface area (TPSA) is 17.1 Å². The van der Waals surface area contributed by atoms with Gasteiger partial charge >= 0.3 is 91.1 Å². The van der Waals surface area contributed by atoms with Crippen LogP contribution in [-0.2, 0) is 27.5 Å². The summed E-state index contributed by atoms with van der Waals surface area (Å²) in [5, 5.41) is 0. The van der Waals surface area contributed by atoms with Gasteiger partial charge in [0.1, 0.15) is 0 Å². The average Bonchev–Trinajstić information content (AvgIpc) is 1.00. The van der Waals surface area contributed by atoms with Crippen molar-refractivity contribution in [2.24, 2.45) is 0 Å². The predicted molar refractivity (Wildman–Crippen MR) is 18.6 cm³/mol. The summed E-state index contributed by atoms with van der Waals surface area (Å²) in [4.78, 5) is 0. The molecule has 0 bridgehead atoms. The fraction of sp³-hybridized carbons (Fsp3) is 0. The Bertz CT molecular complexity index is 13.5. The summed E-state index contributed by atoms with van der Waals surface area (Å²) < 4.78 is 8.34. The molecule has 0 aliphatic rings. The first-order valence-electron chi connectivity index (χ1n) is 0.204. The van der Waals surface area contributed by atoms with Gasteiger partial charge in [-0.15, -0.1) is 0 Å². The van der Waals surface area contributed by atoms with Crippen LogP contribution in [0.4, 0.5) is 0 Å². The van der Waals surface area contributed by atoms with Gasteiger partial charge in [0.2, 0.25) is 0 Å². The van der Waals surface area contributed by atoms with Gasteiger partial charge in [-0.2, -0.15) is 0 Å². The third-order valence-electron chi connectivity index (χ3n) is 0. The minimum absolute atomic E-state index is 0. The predicted octanol–water partition coefficient (Wildman–Crippen LogP) is -1.46. The monoisotopic (exact) mass is 266 g/mol. The number of rotatable bonds is 0. The van der Waals surface area contributed by atoms with E-state index in [4.69, 9.17) is 2.81 Å².